The monoisotopic (exact) mass is 404 g/mol. The lowest BCUT2D eigenvalue weighted by atomic mass is 9.83. The first-order valence-electron chi connectivity index (χ1n) is 9.77. The fourth-order valence-electron chi connectivity index (χ4n) is 3.38. The molecule has 0 aromatic heterocycles. The van der Waals surface area contributed by atoms with Crippen LogP contribution >= 0.6 is 0 Å². The van der Waals surface area contributed by atoms with Crippen LogP contribution in [-0.4, -0.2) is 19.2 Å². The minimum Gasteiger partial charge on any atom is -0.493 e. The van der Waals surface area contributed by atoms with Crippen molar-refractivity contribution in [3.8, 4) is 11.8 Å². The SMILES string of the molecule is CCOC(=O)C1=C(C)OC(N)=C(C#N)C1c1ccc(OCCc2ccccc2)cc1. The van der Waals surface area contributed by atoms with E-state index < -0.39 is 11.9 Å². The number of benzene rings is 2. The molecular weight excluding hydrogens is 380 g/mol. The molecule has 3 rings (SSSR count). The molecule has 6 nitrogen and oxygen atoms in total. The van der Waals surface area contributed by atoms with Crippen LogP contribution in [0.3, 0.4) is 0 Å². The van der Waals surface area contributed by atoms with Gasteiger partial charge in [0.15, 0.2) is 0 Å². The quantitative estimate of drug-likeness (QED) is 0.702. The van der Waals surface area contributed by atoms with Gasteiger partial charge in [-0.3, -0.25) is 0 Å². The molecular formula is C24H24N2O4. The zero-order valence-electron chi connectivity index (χ0n) is 17.1. The van der Waals surface area contributed by atoms with Gasteiger partial charge < -0.3 is 19.9 Å². The van der Waals surface area contributed by atoms with Gasteiger partial charge in [-0.2, -0.15) is 5.26 Å². The van der Waals surface area contributed by atoms with Crippen molar-refractivity contribution < 1.29 is 19.0 Å². The number of nitrogens with zero attached hydrogens (tertiary/aromatic N) is 1. The van der Waals surface area contributed by atoms with Crippen molar-refractivity contribution in [1.82, 2.24) is 0 Å². The summed E-state index contributed by atoms with van der Waals surface area (Å²) in [6.45, 7) is 4.13. The van der Waals surface area contributed by atoms with Gasteiger partial charge in [0.25, 0.3) is 0 Å². The number of ether oxygens (including phenoxy) is 3. The summed E-state index contributed by atoms with van der Waals surface area (Å²) >= 11 is 0. The molecule has 0 saturated carbocycles. The van der Waals surface area contributed by atoms with Crippen molar-refractivity contribution in [2.24, 2.45) is 5.73 Å². The lowest BCUT2D eigenvalue weighted by Crippen LogP contribution is -2.25. The predicted molar refractivity (Wildman–Crippen MR) is 112 cm³/mol. The molecule has 1 heterocycles. The van der Waals surface area contributed by atoms with E-state index in [9.17, 15) is 10.1 Å². The highest BCUT2D eigenvalue weighted by molar-refractivity contribution is 5.92. The van der Waals surface area contributed by atoms with E-state index in [0.717, 1.165) is 12.0 Å². The Morgan fingerprint density at radius 3 is 2.50 bits per heavy atom. The number of carbonyl (C=O) groups is 1. The Labute approximate surface area is 176 Å². The highest BCUT2D eigenvalue weighted by Crippen LogP contribution is 2.39. The van der Waals surface area contributed by atoms with E-state index >= 15 is 0 Å². The third-order valence-corrected chi connectivity index (χ3v) is 4.82. The summed E-state index contributed by atoms with van der Waals surface area (Å²) in [7, 11) is 0. The second kappa shape index (κ2) is 9.66. The van der Waals surface area contributed by atoms with E-state index in [4.69, 9.17) is 19.9 Å². The molecule has 1 atom stereocenters. The number of allylic oxidation sites excluding steroid dienone is 2. The Kier molecular flexibility index (Phi) is 6.76. The molecule has 0 amide bonds. The Morgan fingerprint density at radius 1 is 1.17 bits per heavy atom. The number of nitriles is 1. The van der Waals surface area contributed by atoms with Gasteiger partial charge in [-0.05, 0) is 37.1 Å². The summed E-state index contributed by atoms with van der Waals surface area (Å²) in [4.78, 5) is 12.5. The Balaban J connectivity index is 1.80. The first kappa shape index (κ1) is 21.0. The van der Waals surface area contributed by atoms with E-state index in [1.807, 2.05) is 42.5 Å². The van der Waals surface area contributed by atoms with Gasteiger partial charge in [0, 0.05) is 6.42 Å². The van der Waals surface area contributed by atoms with Crippen molar-refractivity contribution in [3.63, 3.8) is 0 Å². The van der Waals surface area contributed by atoms with Gasteiger partial charge in [0.05, 0.1) is 24.7 Å². The molecule has 2 aromatic rings. The summed E-state index contributed by atoms with van der Waals surface area (Å²) in [6.07, 6.45) is 0.801. The van der Waals surface area contributed by atoms with Crippen LogP contribution in [0.25, 0.3) is 0 Å². The molecule has 1 unspecified atom stereocenters. The van der Waals surface area contributed by atoms with Gasteiger partial charge in [-0.1, -0.05) is 42.5 Å². The van der Waals surface area contributed by atoms with Gasteiger partial charge in [-0.15, -0.1) is 0 Å². The average Bonchev–Trinajstić information content (AvgIpc) is 2.74. The highest BCUT2D eigenvalue weighted by atomic mass is 16.5. The minimum atomic E-state index is -0.652. The molecule has 6 heteroatoms. The number of carbonyl (C=O) groups excluding carboxylic acids is 1. The van der Waals surface area contributed by atoms with E-state index in [2.05, 4.69) is 18.2 Å². The van der Waals surface area contributed by atoms with Crippen molar-refractivity contribution >= 4 is 5.97 Å². The van der Waals surface area contributed by atoms with Crippen LogP contribution in [0.4, 0.5) is 0 Å². The van der Waals surface area contributed by atoms with Crippen LogP contribution in [0.5, 0.6) is 5.75 Å². The maximum atomic E-state index is 12.5. The summed E-state index contributed by atoms with van der Waals surface area (Å²) in [6, 6.07) is 19.5. The number of hydrogen-bond donors (Lipinski definition) is 1. The summed E-state index contributed by atoms with van der Waals surface area (Å²) in [5, 5.41) is 9.62. The van der Waals surface area contributed by atoms with Crippen molar-refractivity contribution in [1.29, 1.82) is 5.26 Å². The van der Waals surface area contributed by atoms with Gasteiger partial charge >= 0.3 is 5.97 Å². The number of hydrogen-bond acceptors (Lipinski definition) is 6. The van der Waals surface area contributed by atoms with Crippen LogP contribution in [0, 0.1) is 11.3 Å². The Bertz CT molecular complexity index is 1000. The smallest absolute Gasteiger partial charge is 0.338 e. The van der Waals surface area contributed by atoms with Gasteiger partial charge in [0.2, 0.25) is 5.88 Å². The van der Waals surface area contributed by atoms with E-state index in [1.54, 1.807) is 13.8 Å². The van der Waals surface area contributed by atoms with Crippen LogP contribution in [0.15, 0.2) is 77.4 Å². The van der Waals surface area contributed by atoms with E-state index in [1.165, 1.54) is 5.56 Å². The van der Waals surface area contributed by atoms with Gasteiger partial charge in [-0.25, -0.2) is 4.79 Å². The Morgan fingerprint density at radius 2 is 1.87 bits per heavy atom. The molecule has 0 fully saturated rings. The average molecular weight is 404 g/mol. The summed E-state index contributed by atoms with van der Waals surface area (Å²) < 4.78 is 16.4. The highest BCUT2D eigenvalue weighted by Gasteiger charge is 2.36. The zero-order chi connectivity index (χ0) is 21.5. The van der Waals surface area contributed by atoms with Crippen LogP contribution < -0.4 is 10.5 Å². The standard InChI is InChI=1S/C24H24N2O4/c1-3-28-24(27)21-16(2)30-23(26)20(15-25)22(21)18-9-11-19(12-10-18)29-14-13-17-7-5-4-6-8-17/h4-12,22H,3,13-14,26H2,1-2H3. The molecule has 0 radical (unpaired) electrons. The molecule has 30 heavy (non-hydrogen) atoms. The van der Waals surface area contributed by atoms with E-state index in [0.29, 0.717) is 18.1 Å². The lowest BCUT2D eigenvalue weighted by Gasteiger charge is -2.26. The molecule has 0 aliphatic carbocycles. The molecule has 1 aliphatic heterocycles. The van der Waals surface area contributed by atoms with Crippen LogP contribution in [-0.2, 0) is 20.7 Å². The molecule has 154 valence electrons. The molecule has 2 N–H and O–H groups in total. The number of rotatable bonds is 7. The third-order valence-electron chi connectivity index (χ3n) is 4.82. The fourth-order valence-corrected chi connectivity index (χ4v) is 3.38. The topological polar surface area (TPSA) is 94.6 Å². The van der Waals surface area contributed by atoms with Gasteiger partial charge in [0.1, 0.15) is 23.2 Å². The van der Waals surface area contributed by atoms with Crippen molar-refractivity contribution in [2.75, 3.05) is 13.2 Å². The maximum Gasteiger partial charge on any atom is 0.338 e. The summed E-state index contributed by atoms with van der Waals surface area (Å²) in [5.41, 5.74) is 8.31. The molecule has 0 spiro atoms. The first-order chi connectivity index (χ1) is 14.5. The zero-order valence-corrected chi connectivity index (χ0v) is 17.1. The molecule has 0 saturated heterocycles. The third kappa shape index (κ3) is 4.64. The van der Waals surface area contributed by atoms with Crippen molar-refractivity contribution in [2.45, 2.75) is 26.2 Å². The molecule has 0 bridgehead atoms. The number of esters is 1. The normalized spacial score (nSPS) is 16.0. The largest absolute Gasteiger partial charge is 0.493 e. The predicted octanol–water partition coefficient (Wildman–Crippen LogP) is 3.95. The first-order valence-corrected chi connectivity index (χ1v) is 9.77. The van der Waals surface area contributed by atoms with Crippen LogP contribution in [0.1, 0.15) is 30.9 Å². The van der Waals surface area contributed by atoms with Crippen LogP contribution in [0.2, 0.25) is 0 Å². The second-order valence-corrected chi connectivity index (χ2v) is 6.77. The van der Waals surface area contributed by atoms with Crippen molar-refractivity contribution in [3.05, 3.63) is 88.5 Å². The maximum absolute atomic E-state index is 12.5. The lowest BCUT2D eigenvalue weighted by molar-refractivity contribution is -0.139. The molecule has 1 aliphatic rings. The molecule has 2 aromatic carbocycles. The minimum absolute atomic E-state index is 0.00349. The Hall–Kier alpha value is -3.72. The fraction of sp³-hybridized carbons (Fsp3) is 0.250. The summed E-state index contributed by atoms with van der Waals surface area (Å²) in [5.74, 6) is -0.144. The second-order valence-electron chi connectivity index (χ2n) is 6.77. The number of nitrogens with two attached hydrogens (primary N) is 1. The van der Waals surface area contributed by atoms with E-state index in [-0.39, 0.29) is 23.6 Å².